The molecule has 2 amide bonds. The second kappa shape index (κ2) is 10.7. The number of alkyl carbamates (subject to hydrolysis) is 1. The van der Waals surface area contributed by atoms with E-state index in [0.29, 0.717) is 0 Å². The van der Waals surface area contributed by atoms with Crippen molar-refractivity contribution in [2.45, 2.75) is 31.6 Å². The topological polar surface area (TPSA) is 125 Å². The van der Waals surface area contributed by atoms with Gasteiger partial charge < -0.3 is 25.6 Å². The molecule has 0 saturated heterocycles. The molecule has 0 aromatic heterocycles. The number of aliphatic hydroxyl groups excluding tert-OH is 1. The maximum atomic E-state index is 11.7. The summed E-state index contributed by atoms with van der Waals surface area (Å²) in [6.07, 6.45) is 2.55. The van der Waals surface area contributed by atoms with Crippen molar-refractivity contribution in [3.8, 4) is 12.3 Å². The number of carboxylic acids is 1. The quantitative estimate of drug-likeness (QED) is 0.474. The number of aliphatic carboxylic acids is 1. The zero-order valence-electron chi connectivity index (χ0n) is 13.5. The number of hydrogen-bond donors (Lipinski definition) is 4. The fourth-order valence-corrected chi connectivity index (χ4v) is 1.83. The van der Waals surface area contributed by atoms with E-state index in [4.69, 9.17) is 16.3 Å². The Hall–Kier alpha value is -3.05. The molecule has 8 heteroatoms. The number of terminal acetylenes is 1. The summed E-state index contributed by atoms with van der Waals surface area (Å²) in [6.45, 7) is -0.135. The highest BCUT2D eigenvalue weighted by Crippen LogP contribution is 2.01. The Labute approximate surface area is 145 Å². The number of carboxylic acid groups (broad SMARTS) is 1. The molecule has 1 rings (SSSR count). The maximum absolute atomic E-state index is 11.7. The van der Waals surface area contributed by atoms with E-state index in [-0.39, 0.29) is 26.0 Å². The number of benzene rings is 1. The second-order valence-corrected chi connectivity index (χ2v) is 5.17. The summed E-state index contributed by atoms with van der Waals surface area (Å²) in [5.74, 6) is 0.198. The summed E-state index contributed by atoms with van der Waals surface area (Å²) in [5.41, 5.74) is 0.811. The second-order valence-electron chi connectivity index (χ2n) is 5.17. The van der Waals surface area contributed by atoms with E-state index >= 15 is 0 Å². The third-order valence-corrected chi connectivity index (χ3v) is 3.07. The Morgan fingerprint density at radius 3 is 2.52 bits per heavy atom. The predicted molar refractivity (Wildman–Crippen MR) is 88.3 cm³/mol. The minimum atomic E-state index is -1.26. The van der Waals surface area contributed by atoms with Crippen molar-refractivity contribution in [1.82, 2.24) is 10.6 Å². The van der Waals surface area contributed by atoms with E-state index in [9.17, 15) is 19.5 Å². The standard InChI is InChI=1S/C17H20N2O6/c1-2-6-14(16(22)23)19-15(21)9-13(20)10-18-17(24)25-11-12-7-4-3-5-8-12/h1,3-5,7-8,13-14,20H,6,9-11H2,(H,18,24)(H,19,21)(H,22,23)/t13-,14-/m0/s1. The molecular weight excluding hydrogens is 328 g/mol. The molecule has 134 valence electrons. The molecular formula is C17H20N2O6. The molecule has 0 saturated carbocycles. The first kappa shape index (κ1) is 20.0. The van der Waals surface area contributed by atoms with Crippen LogP contribution in [0.5, 0.6) is 0 Å². The van der Waals surface area contributed by atoms with E-state index in [1.54, 1.807) is 12.1 Å². The lowest BCUT2D eigenvalue weighted by Crippen LogP contribution is -2.43. The molecule has 1 aromatic rings. The first-order chi connectivity index (χ1) is 11.9. The van der Waals surface area contributed by atoms with Crippen molar-refractivity contribution in [2.24, 2.45) is 0 Å². The van der Waals surface area contributed by atoms with Crippen molar-refractivity contribution in [1.29, 1.82) is 0 Å². The average molecular weight is 348 g/mol. The van der Waals surface area contributed by atoms with Gasteiger partial charge in [-0.1, -0.05) is 30.3 Å². The molecule has 0 heterocycles. The normalized spacial score (nSPS) is 12.3. The lowest BCUT2D eigenvalue weighted by atomic mass is 10.2. The van der Waals surface area contributed by atoms with E-state index in [1.165, 1.54) is 0 Å². The van der Waals surface area contributed by atoms with Crippen LogP contribution in [0.4, 0.5) is 4.79 Å². The van der Waals surface area contributed by atoms with Gasteiger partial charge in [0.2, 0.25) is 5.91 Å². The molecule has 0 spiro atoms. The third kappa shape index (κ3) is 8.39. The lowest BCUT2D eigenvalue weighted by molar-refractivity contribution is -0.142. The maximum Gasteiger partial charge on any atom is 0.407 e. The van der Waals surface area contributed by atoms with Crippen LogP contribution >= 0.6 is 0 Å². The van der Waals surface area contributed by atoms with Crippen LogP contribution in [0.25, 0.3) is 0 Å². The van der Waals surface area contributed by atoms with Gasteiger partial charge in [-0.05, 0) is 5.56 Å². The molecule has 4 N–H and O–H groups in total. The molecule has 0 aliphatic heterocycles. The summed E-state index contributed by atoms with van der Waals surface area (Å²) < 4.78 is 4.95. The monoisotopic (exact) mass is 348 g/mol. The molecule has 2 atom stereocenters. The summed E-state index contributed by atoms with van der Waals surface area (Å²) in [4.78, 5) is 34.0. The van der Waals surface area contributed by atoms with Crippen LogP contribution in [0, 0.1) is 12.3 Å². The van der Waals surface area contributed by atoms with E-state index in [1.807, 2.05) is 18.2 Å². The van der Waals surface area contributed by atoms with Crippen LogP contribution in [0.15, 0.2) is 30.3 Å². The van der Waals surface area contributed by atoms with Crippen LogP contribution in [0.3, 0.4) is 0 Å². The van der Waals surface area contributed by atoms with Crippen LogP contribution < -0.4 is 10.6 Å². The minimum absolute atomic E-state index is 0.0790. The Morgan fingerprint density at radius 1 is 1.24 bits per heavy atom. The first-order valence-corrected chi connectivity index (χ1v) is 7.50. The van der Waals surface area contributed by atoms with Gasteiger partial charge >= 0.3 is 12.1 Å². The lowest BCUT2D eigenvalue weighted by Gasteiger charge is -2.15. The Kier molecular flexibility index (Phi) is 8.54. The molecule has 0 fully saturated rings. The molecule has 0 aliphatic rings. The zero-order chi connectivity index (χ0) is 18.7. The van der Waals surface area contributed by atoms with E-state index in [0.717, 1.165) is 5.56 Å². The number of aliphatic hydroxyl groups is 1. The van der Waals surface area contributed by atoms with Gasteiger partial charge in [-0.3, -0.25) is 4.79 Å². The summed E-state index contributed by atoms with van der Waals surface area (Å²) in [5, 5.41) is 23.1. The molecule has 0 aliphatic carbocycles. The van der Waals surface area contributed by atoms with Crippen molar-refractivity contribution in [2.75, 3.05) is 6.54 Å². The van der Waals surface area contributed by atoms with Gasteiger partial charge in [0.15, 0.2) is 0 Å². The summed E-state index contributed by atoms with van der Waals surface area (Å²) in [7, 11) is 0. The number of amides is 2. The van der Waals surface area contributed by atoms with Gasteiger partial charge in [-0.2, -0.15) is 0 Å². The number of carbonyl (C=O) groups excluding carboxylic acids is 2. The number of rotatable bonds is 9. The molecule has 8 nitrogen and oxygen atoms in total. The van der Waals surface area contributed by atoms with Crippen molar-refractivity contribution >= 4 is 18.0 Å². The van der Waals surface area contributed by atoms with Gasteiger partial charge in [-0.15, -0.1) is 12.3 Å². The van der Waals surface area contributed by atoms with Gasteiger partial charge in [0.05, 0.1) is 12.5 Å². The largest absolute Gasteiger partial charge is 0.480 e. The van der Waals surface area contributed by atoms with Crippen LogP contribution in [0.1, 0.15) is 18.4 Å². The fourth-order valence-electron chi connectivity index (χ4n) is 1.83. The summed E-state index contributed by atoms with van der Waals surface area (Å²) in [6, 6.07) is 7.83. The summed E-state index contributed by atoms with van der Waals surface area (Å²) >= 11 is 0. The number of carbonyl (C=O) groups is 3. The molecule has 0 unspecified atom stereocenters. The molecule has 0 radical (unpaired) electrons. The fraction of sp³-hybridized carbons (Fsp3) is 0.353. The first-order valence-electron chi connectivity index (χ1n) is 7.50. The average Bonchev–Trinajstić information content (AvgIpc) is 2.58. The van der Waals surface area contributed by atoms with E-state index in [2.05, 4.69) is 16.6 Å². The van der Waals surface area contributed by atoms with Crippen LogP contribution in [0.2, 0.25) is 0 Å². The molecule has 0 bridgehead atoms. The highest BCUT2D eigenvalue weighted by Gasteiger charge is 2.20. The van der Waals surface area contributed by atoms with Crippen LogP contribution in [-0.4, -0.2) is 46.9 Å². The molecule has 25 heavy (non-hydrogen) atoms. The highest BCUT2D eigenvalue weighted by atomic mass is 16.5. The van der Waals surface area contributed by atoms with Gasteiger partial charge in [0, 0.05) is 13.0 Å². The number of hydrogen-bond acceptors (Lipinski definition) is 5. The Bertz CT molecular complexity index is 626. The zero-order valence-corrected chi connectivity index (χ0v) is 13.5. The predicted octanol–water partition coefficient (Wildman–Crippen LogP) is 0.256. The van der Waals surface area contributed by atoms with E-state index < -0.39 is 30.1 Å². The van der Waals surface area contributed by atoms with Gasteiger partial charge in [0.25, 0.3) is 0 Å². The Morgan fingerprint density at radius 2 is 1.92 bits per heavy atom. The number of ether oxygens (including phenoxy) is 1. The molecule has 1 aromatic carbocycles. The van der Waals surface area contributed by atoms with Crippen molar-refractivity contribution < 1.29 is 29.3 Å². The smallest absolute Gasteiger partial charge is 0.407 e. The number of nitrogens with one attached hydrogen (secondary N) is 2. The van der Waals surface area contributed by atoms with Crippen LogP contribution in [-0.2, 0) is 20.9 Å². The van der Waals surface area contributed by atoms with Gasteiger partial charge in [0.1, 0.15) is 12.6 Å². The Balaban J connectivity index is 2.28. The van der Waals surface area contributed by atoms with Crippen molar-refractivity contribution in [3.63, 3.8) is 0 Å². The van der Waals surface area contributed by atoms with Crippen molar-refractivity contribution in [3.05, 3.63) is 35.9 Å². The minimum Gasteiger partial charge on any atom is -0.480 e. The van der Waals surface area contributed by atoms with Gasteiger partial charge in [-0.25, -0.2) is 9.59 Å². The SMILES string of the molecule is C#CC[C@H](NC(=O)C[C@H](O)CNC(=O)OCc1ccccc1)C(=O)O. The third-order valence-electron chi connectivity index (χ3n) is 3.07. The highest BCUT2D eigenvalue weighted by molar-refractivity contribution is 5.84.